The maximum absolute atomic E-state index is 12.5. The minimum atomic E-state index is -0.267. The molecule has 1 amide bonds. The molecule has 1 heterocycles. The molecule has 0 bridgehead atoms. The van der Waals surface area contributed by atoms with Crippen LogP contribution in [0.4, 0.5) is 0 Å². The number of carbonyl (C=O) groups excluding carboxylic acids is 1. The number of para-hydroxylation sites is 1. The molecule has 0 aliphatic rings. The normalized spacial score (nSPS) is 12.3. The van der Waals surface area contributed by atoms with E-state index in [4.69, 9.17) is 0 Å². The van der Waals surface area contributed by atoms with E-state index in [1.54, 1.807) is 30.3 Å². The van der Waals surface area contributed by atoms with Crippen molar-refractivity contribution in [2.75, 3.05) is 14.1 Å². The standard InChI is InChI=1S/C17H16N2OS2/c1-19(2)16(20)15(12-8-4-3-5-9-12)22-17-18-13-10-6-7-11-14(13)21-17/h3-11,15H,1-2H3/t15-/m1/s1. The van der Waals surface area contributed by atoms with Crippen LogP contribution in [0, 0.1) is 0 Å². The van der Waals surface area contributed by atoms with Crippen LogP contribution in [0.2, 0.25) is 0 Å². The van der Waals surface area contributed by atoms with E-state index in [0.717, 1.165) is 20.1 Å². The topological polar surface area (TPSA) is 33.2 Å². The molecule has 0 radical (unpaired) electrons. The van der Waals surface area contributed by atoms with E-state index >= 15 is 0 Å². The fraction of sp³-hybridized carbons (Fsp3) is 0.176. The molecule has 0 saturated carbocycles. The van der Waals surface area contributed by atoms with Gasteiger partial charge in [-0.05, 0) is 17.7 Å². The number of thiazole rings is 1. The van der Waals surface area contributed by atoms with Gasteiger partial charge in [0.1, 0.15) is 5.25 Å². The number of carbonyl (C=O) groups is 1. The number of fused-ring (bicyclic) bond motifs is 1. The Labute approximate surface area is 138 Å². The number of rotatable bonds is 4. The van der Waals surface area contributed by atoms with E-state index in [9.17, 15) is 4.79 Å². The van der Waals surface area contributed by atoms with Crippen molar-refractivity contribution >= 4 is 39.2 Å². The van der Waals surface area contributed by atoms with Gasteiger partial charge in [-0.25, -0.2) is 4.98 Å². The van der Waals surface area contributed by atoms with Gasteiger partial charge in [-0.2, -0.15) is 0 Å². The number of amides is 1. The Balaban J connectivity index is 1.94. The van der Waals surface area contributed by atoms with Gasteiger partial charge in [-0.15, -0.1) is 11.3 Å². The third-order valence-electron chi connectivity index (χ3n) is 3.26. The third kappa shape index (κ3) is 3.15. The van der Waals surface area contributed by atoms with E-state index in [-0.39, 0.29) is 11.2 Å². The Hall–Kier alpha value is -1.85. The molecule has 3 rings (SSSR count). The zero-order valence-corrected chi connectivity index (χ0v) is 14.0. The van der Waals surface area contributed by atoms with Gasteiger partial charge in [0.05, 0.1) is 10.2 Å². The summed E-state index contributed by atoms with van der Waals surface area (Å²) in [5.74, 6) is 0.0791. The lowest BCUT2D eigenvalue weighted by Crippen LogP contribution is -2.26. The van der Waals surface area contributed by atoms with Crippen molar-refractivity contribution in [2.24, 2.45) is 0 Å². The van der Waals surface area contributed by atoms with Gasteiger partial charge in [0.2, 0.25) is 5.91 Å². The highest BCUT2D eigenvalue weighted by atomic mass is 32.2. The van der Waals surface area contributed by atoms with E-state index in [1.807, 2.05) is 48.5 Å². The molecule has 112 valence electrons. The summed E-state index contributed by atoms with van der Waals surface area (Å²) in [6.45, 7) is 0. The molecule has 0 N–H and O–H groups in total. The second-order valence-electron chi connectivity index (χ2n) is 5.09. The molecule has 3 aromatic rings. The highest BCUT2D eigenvalue weighted by molar-refractivity contribution is 8.02. The maximum atomic E-state index is 12.5. The highest BCUT2D eigenvalue weighted by Crippen LogP contribution is 2.39. The first-order chi connectivity index (χ1) is 10.6. The van der Waals surface area contributed by atoms with Crippen LogP contribution in [0.5, 0.6) is 0 Å². The first kappa shape index (κ1) is 15.1. The summed E-state index contributed by atoms with van der Waals surface area (Å²) < 4.78 is 2.07. The van der Waals surface area contributed by atoms with Crippen molar-refractivity contribution in [2.45, 2.75) is 9.59 Å². The highest BCUT2D eigenvalue weighted by Gasteiger charge is 2.24. The monoisotopic (exact) mass is 328 g/mol. The maximum Gasteiger partial charge on any atom is 0.240 e. The molecule has 0 aliphatic heterocycles. The van der Waals surface area contributed by atoms with Gasteiger partial charge in [-0.1, -0.05) is 54.2 Å². The van der Waals surface area contributed by atoms with E-state index in [0.29, 0.717) is 0 Å². The van der Waals surface area contributed by atoms with Gasteiger partial charge >= 0.3 is 0 Å². The molecular formula is C17H16N2OS2. The molecule has 2 aromatic carbocycles. The number of thioether (sulfide) groups is 1. The number of aromatic nitrogens is 1. The zero-order valence-electron chi connectivity index (χ0n) is 12.4. The van der Waals surface area contributed by atoms with Crippen LogP contribution >= 0.6 is 23.1 Å². The Morgan fingerprint density at radius 3 is 2.45 bits per heavy atom. The van der Waals surface area contributed by atoms with Crippen molar-refractivity contribution in [1.29, 1.82) is 0 Å². The summed E-state index contributed by atoms with van der Waals surface area (Å²) in [7, 11) is 3.58. The summed E-state index contributed by atoms with van der Waals surface area (Å²) in [6, 6.07) is 17.9. The summed E-state index contributed by atoms with van der Waals surface area (Å²) in [5.41, 5.74) is 1.99. The predicted molar refractivity (Wildman–Crippen MR) is 93.4 cm³/mol. The zero-order chi connectivity index (χ0) is 15.5. The van der Waals surface area contributed by atoms with Gasteiger partial charge in [-0.3, -0.25) is 4.79 Å². The van der Waals surface area contributed by atoms with E-state index in [1.165, 1.54) is 11.8 Å². The van der Waals surface area contributed by atoms with Crippen LogP contribution in [0.15, 0.2) is 58.9 Å². The van der Waals surface area contributed by atoms with Crippen LogP contribution < -0.4 is 0 Å². The van der Waals surface area contributed by atoms with Gasteiger partial charge < -0.3 is 4.90 Å². The number of hydrogen-bond acceptors (Lipinski definition) is 4. The minimum Gasteiger partial charge on any atom is -0.348 e. The van der Waals surface area contributed by atoms with E-state index < -0.39 is 0 Å². The molecule has 5 heteroatoms. The van der Waals surface area contributed by atoms with Gasteiger partial charge in [0.15, 0.2) is 4.34 Å². The summed E-state index contributed by atoms with van der Waals surface area (Å²) in [6.07, 6.45) is 0. The van der Waals surface area contributed by atoms with Crippen LogP contribution in [-0.4, -0.2) is 29.9 Å². The second-order valence-corrected chi connectivity index (χ2v) is 7.47. The smallest absolute Gasteiger partial charge is 0.240 e. The fourth-order valence-corrected chi connectivity index (χ4v) is 4.53. The Morgan fingerprint density at radius 2 is 1.77 bits per heavy atom. The average molecular weight is 328 g/mol. The predicted octanol–water partition coefficient (Wildman–Crippen LogP) is 4.22. The molecule has 0 unspecified atom stereocenters. The molecule has 0 saturated heterocycles. The van der Waals surface area contributed by atoms with Crippen LogP contribution in [0.25, 0.3) is 10.2 Å². The largest absolute Gasteiger partial charge is 0.348 e. The second kappa shape index (κ2) is 6.50. The first-order valence-electron chi connectivity index (χ1n) is 6.93. The Bertz CT molecular complexity index is 750. The van der Waals surface area contributed by atoms with Crippen molar-refractivity contribution in [3.63, 3.8) is 0 Å². The molecular weight excluding hydrogens is 312 g/mol. The molecule has 0 spiro atoms. The van der Waals surface area contributed by atoms with Crippen molar-refractivity contribution in [3.05, 3.63) is 60.2 Å². The van der Waals surface area contributed by atoms with Gasteiger partial charge in [0.25, 0.3) is 0 Å². The van der Waals surface area contributed by atoms with Crippen LogP contribution in [0.1, 0.15) is 10.8 Å². The lowest BCUT2D eigenvalue weighted by atomic mass is 10.1. The van der Waals surface area contributed by atoms with Crippen LogP contribution in [-0.2, 0) is 4.79 Å². The number of nitrogens with zero attached hydrogens (tertiary/aromatic N) is 2. The Morgan fingerprint density at radius 1 is 1.09 bits per heavy atom. The lowest BCUT2D eigenvalue weighted by Gasteiger charge is -2.19. The molecule has 1 aromatic heterocycles. The number of benzene rings is 2. The number of likely N-dealkylation sites (N-methyl/N-ethyl adjacent to an activating group) is 1. The number of hydrogen-bond donors (Lipinski definition) is 0. The molecule has 3 nitrogen and oxygen atoms in total. The summed E-state index contributed by atoms with van der Waals surface area (Å²) >= 11 is 3.15. The lowest BCUT2D eigenvalue weighted by molar-refractivity contribution is -0.128. The molecule has 0 aliphatic carbocycles. The third-order valence-corrected chi connectivity index (χ3v) is 5.63. The SMILES string of the molecule is CN(C)C(=O)[C@H](Sc1nc2ccccc2s1)c1ccccc1. The van der Waals surface area contributed by atoms with Crippen molar-refractivity contribution in [1.82, 2.24) is 9.88 Å². The molecule has 22 heavy (non-hydrogen) atoms. The van der Waals surface area contributed by atoms with Crippen LogP contribution in [0.3, 0.4) is 0 Å². The first-order valence-corrected chi connectivity index (χ1v) is 8.63. The molecule has 0 fully saturated rings. The minimum absolute atomic E-state index is 0.0791. The van der Waals surface area contributed by atoms with Crippen molar-refractivity contribution in [3.8, 4) is 0 Å². The molecule has 1 atom stereocenters. The summed E-state index contributed by atoms with van der Waals surface area (Å²) in [5, 5.41) is -0.267. The average Bonchev–Trinajstić information content (AvgIpc) is 2.95. The van der Waals surface area contributed by atoms with Gasteiger partial charge in [0, 0.05) is 14.1 Å². The summed E-state index contributed by atoms with van der Waals surface area (Å²) in [4.78, 5) is 18.8. The Kier molecular flexibility index (Phi) is 4.45. The van der Waals surface area contributed by atoms with E-state index in [2.05, 4.69) is 11.1 Å². The fourth-order valence-electron chi connectivity index (χ4n) is 2.13. The van der Waals surface area contributed by atoms with Crippen molar-refractivity contribution < 1.29 is 4.79 Å². The quantitative estimate of drug-likeness (QED) is 0.672.